The highest BCUT2D eigenvalue weighted by molar-refractivity contribution is 7.86. The number of ether oxygens (including phenoxy) is 1. The summed E-state index contributed by atoms with van der Waals surface area (Å²) in [5.74, 6) is 0. The van der Waals surface area contributed by atoms with Crippen LogP contribution in [-0.4, -0.2) is 36.6 Å². The molecular weight excluding hydrogens is 347 g/mol. The third-order valence-electron chi connectivity index (χ3n) is 3.27. The van der Waals surface area contributed by atoms with Crippen LogP contribution in [0.25, 0.3) is 0 Å². The van der Waals surface area contributed by atoms with Gasteiger partial charge in [0.15, 0.2) is 10.1 Å². The van der Waals surface area contributed by atoms with Crippen molar-refractivity contribution in [3.63, 3.8) is 0 Å². The Bertz CT molecular complexity index is 436. The molecule has 2 atom stereocenters. The van der Waals surface area contributed by atoms with Crippen LogP contribution >= 0.6 is 0 Å². The van der Waals surface area contributed by atoms with E-state index in [2.05, 4.69) is 4.74 Å². The van der Waals surface area contributed by atoms with E-state index in [0.717, 1.165) is 32.6 Å². The van der Waals surface area contributed by atoms with Gasteiger partial charge in [-0.15, -0.1) is 0 Å². The van der Waals surface area contributed by atoms with Crippen LogP contribution in [0, 0.1) is 0 Å². The average molecular weight is 369 g/mol. The number of hydrogen-bond acceptors (Lipinski definition) is 4. The Kier molecular flexibility index (Phi) is 8.93. The topological polar surface area (TPSA) is 66.4 Å². The third-order valence-corrected chi connectivity index (χ3v) is 4.15. The quantitative estimate of drug-likeness (QED) is 0.311. The zero-order valence-electron chi connectivity index (χ0n) is 13.0. The molecule has 0 rings (SSSR count). The maximum Gasteiger partial charge on any atom is 0.421 e. The van der Waals surface area contributed by atoms with Crippen molar-refractivity contribution < 1.29 is 39.7 Å². The Hall–Kier alpha value is -0.480. The van der Waals surface area contributed by atoms with Crippen molar-refractivity contribution in [2.75, 3.05) is 0 Å². The standard InChI is InChI=1S/C13H23F5O4S/c1-3-4-5-6-7-8-9-10(2)22-11(12(14,15)16)13(17,18)23(19,20)21/h10-11H,3-9H2,1-2H3,(H,19,20,21)/p-1. The molecule has 4 nitrogen and oxygen atoms in total. The number of hydrogen-bond donors (Lipinski definition) is 0. The Morgan fingerprint density at radius 3 is 1.91 bits per heavy atom. The van der Waals surface area contributed by atoms with Crippen molar-refractivity contribution in [3.05, 3.63) is 0 Å². The van der Waals surface area contributed by atoms with Crippen molar-refractivity contribution in [3.8, 4) is 0 Å². The lowest BCUT2D eigenvalue weighted by Crippen LogP contribution is -2.52. The van der Waals surface area contributed by atoms with Crippen LogP contribution < -0.4 is 0 Å². The summed E-state index contributed by atoms with van der Waals surface area (Å²) in [7, 11) is -6.49. The van der Waals surface area contributed by atoms with Gasteiger partial charge in [-0.3, -0.25) is 0 Å². The molecule has 140 valence electrons. The summed E-state index contributed by atoms with van der Waals surface area (Å²) in [4.78, 5) is 0. The fourth-order valence-electron chi connectivity index (χ4n) is 1.99. The van der Waals surface area contributed by atoms with Crippen molar-refractivity contribution in [1.29, 1.82) is 0 Å². The van der Waals surface area contributed by atoms with E-state index < -0.39 is 33.8 Å². The Morgan fingerprint density at radius 1 is 1.00 bits per heavy atom. The van der Waals surface area contributed by atoms with E-state index in [1.165, 1.54) is 0 Å². The first-order valence-electron chi connectivity index (χ1n) is 7.39. The minimum atomic E-state index is -6.49. The van der Waals surface area contributed by atoms with E-state index in [1.807, 2.05) is 6.92 Å². The second kappa shape index (κ2) is 9.12. The van der Waals surface area contributed by atoms with Gasteiger partial charge in [0.25, 0.3) is 0 Å². The molecule has 0 spiro atoms. The van der Waals surface area contributed by atoms with Gasteiger partial charge in [-0.25, -0.2) is 8.42 Å². The van der Waals surface area contributed by atoms with Crippen LogP contribution in [0.2, 0.25) is 0 Å². The van der Waals surface area contributed by atoms with Crippen LogP contribution in [0.3, 0.4) is 0 Å². The molecule has 23 heavy (non-hydrogen) atoms. The van der Waals surface area contributed by atoms with Crippen molar-refractivity contribution >= 4 is 10.1 Å². The molecule has 0 N–H and O–H groups in total. The smallest absolute Gasteiger partial charge is 0.421 e. The lowest BCUT2D eigenvalue weighted by atomic mass is 10.1. The van der Waals surface area contributed by atoms with Crippen molar-refractivity contribution in [1.82, 2.24) is 0 Å². The molecule has 0 aromatic heterocycles. The van der Waals surface area contributed by atoms with Gasteiger partial charge in [-0.1, -0.05) is 45.4 Å². The maximum atomic E-state index is 13.2. The SMILES string of the molecule is CCCCCCCCC(C)OC(C(F)(F)F)C(F)(F)S(=O)(=O)[O-]. The first-order valence-corrected chi connectivity index (χ1v) is 8.80. The molecule has 0 bridgehead atoms. The highest BCUT2D eigenvalue weighted by atomic mass is 32.2. The number of halogens is 5. The average Bonchev–Trinajstić information content (AvgIpc) is 2.37. The fraction of sp³-hybridized carbons (Fsp3) is 1.00. The summed E-state index contributed by atoms with van der Waals surface area (Å²) in [6.07, 6.45) is -5.73. The van der Waals surface area contributed by atoms with Crippen LogP contribution in [0.15, 0.2) is 0 Å². The molecule has 0 fully saturated rings. The summed E-state index contributed by atoms with van der Waals surface area (Å²) in [5, 5.41) is -5.57. The zero-order chi connectivity index (χ0) is 18.3. The van der Waals surface area contributed by atoms with E-state index >= 15 is 0 Å². The van der Waals surface area contributed by atoms with E-state index in [-0.39, 0.29) is 6.42 Å². The lowest BCUT2D eigenvalue weighted by Gasteiger charge is -2.32. The normalized spacial score (nSPS) is 16.3. The molecule has 0 aromatic carbocycles. The van der Waals surface area contributed by atoms with Crippen LogP contribution in [-0.2, 0) is 14.9 Å². The fourth-order valence-corrected chi connectivity index (χ4v) is 2.44. The Labute approximate surface area is 133 Å². The monoisotopic (exact) mass is 369 g/mol. The summed E-state index contributed by atoms with van der Waals surface area (Å²) < 4.78 is 99.7. The molecule has 2 unspecified atom stereocenters. The molecular formula is C13H22F5O4S-. The van der Waals surface area contributed by atoms with Gasteiger partial charge in [0, 0.05) is 0 Å². The van der Waals surface area contributed by atoms with Crippen molar-refractivity contribution in [2.45, 2.75) is 82.4 Å². The molecule has 10 heteroatoms. The van der Waals surface area contributed by atoms with E-state index in [4.69, 9.17) is 0 Å². The highest BCUT2D eigenvalue weighted by Gasteiger charge is 2.61. The summed E-state index contributed by atoms with van der Waals surface area (Å²) in [6, 6.07) is 0. The molecule has 0 aliphatic rings. The Balaban J connectivity index is 4.63. The molecule has 0 saturated carbocycles. The number of alkyl halides is 5. The van der Waals surface area contributed by atoms with Gasteiger partial charge in [0.2, 0.25) is 6.10 Å². The van der Waals surface area contributed by atoms with Gasteiger partial charge in [0.1, 0.15) is 0 Å². The minimum absolute atomic E-state index is 0.0632. The molecule has 0 aliphatic carbocycles. The predicted octanol–water partition coefficient (Wildman–Crippen LogP) is 4.21. The van der Waals surface area contributed by atoms with Crippen LogP contribution in [0.4, 0.5) is 22.0 Å². The molecule has 0 saturated heterocycles. The summed E-state index contributed by atoms with van der Waals surface area (Å²) in [6.45, 7) is 3.16. The minimum Gasteiger partial charge on any atom is -0.743 e. The highest BCUT2D eigenvalue weighted by Crippen LogP contribution is 2.38. The molecule has 0 amide bonds. The van der Waals surface area contributed by atoms with Gasteiger partial charge < -0.3 is 9.29 Å². The van der Waals surface area contributed by atoms with Crippen molar-refractivity contribution in [2.24, 2.45) is 0 Å². The van der Waals surface area contributed by atoms with Crippen LogP contribution in [0.5, 0.6) is 0 Å². The van der Waals surface area contributed by atoms with Gasteiger partial charge in [-0.2, -0.15) is 22.0 Å². The lowest BCUT2D eigenvalue weighted by molar-refractivity contribution is -0.275. The third kappa shape index (κ3) is 7.75. The number of rotatable bonds is 11. The first kappa shape index (κ1) is 22.5. The molecule has 0 aromatic rings. The largest absolute Gasteiger partial charge is 0.743 e. The second-order valence-electron chi connectivity index (χ2n) is 5.44. The number of unbranched alkanes of at least 4 members (excludes halogenated alkanes) is 5. The molecule has 0 aliphatic heterocycles. The van der Waals surface area contributed by atoms with Gasteiger partial charge >= 0.3 is 11.4 Å². The molecule has 0 radical (unpaired) electrons. The summed E-state index contributed by atoms with van der Waals surface area (Å²) >= 11 is 0. The summed E-state index contributed by atoms with van der Waals surface area (Å²) in [5.41, 5.74) is 0. The molecule has 0 heterocycles. The maximum absolute atomic E-state index is 13.2. The zero-order valence-corrected chi connectivity index (χ0v) is 13.9. The Morgan fingerprint density at radius 2 is 1.48 bits per heavy atom. The predicted molar refractivity (Wildman–Crippen MR) is 73.0 cm³/mol. The first-order chi connectivity index (χ1) is 10.3. The van der Waals surface area contributed by atoms with Gasteiger partial charge in [-0.05, 0) is 13.3 Å². The van der Waals surface area contributed by atoms with E-state index in [1.54, 1.807) is 0 Å². The second-order valence-corrected chi connectivity index (χ2v) is 6.89. The van der Waals surface area contributed by atoms with Gasteiger partial charge in [0.05, 0.1) is 6.10 Å². The van der Waals surface area contributed by atoms with E-state index in [9.17, 15) is 34.9 Å². The van der Waals surface area contributed by atoms with Crippen LogP contribution in [0.1, 0.15) is 58.8 Å². The van der Waals surface area contributed by atoms with E-state index in [0.29, 0.717) is 12.8 Å².